The summed E-state index contributed by atoms with van der Waals surface area (Å²) in [6.07, 6.45) is 0. The minimum absolute atomic E-state index is 0.0689. The van der Waals surface area contributed by atoms with E-state index in [2.05, 4.69) is 14.8 Å². The SMILES string of the molecule is [O]c1ccccc1SBr. The molecule has 9 heavy (non-hydrogen) atoms. The fourth-order valence-electron chi connectivity index (χ4n) is 0.514. The molecule has 0 aliphatic heterocycles. The van der Waals surface area contributed by atoms with Crippen molar-refractivity contribution in [2.24, 2.45) is 0 Å². The third kappa shape index (κ3) is 1.63. The molecule has 47 valence electrons. The van der Waals surface area contributed by atoms with E-state index in [0.717, 1.165) is 4.90 Å². The molecule has 1 radical (unpaired) electrons. The van der Waals surface area contributed by atoms with Gasteiger partial charge >= 0.3 is 0 Å². The van der Waals surface area contributed by atoms with E-state index in [4.69, 9.17) is 0 Å². The van der Waals surface area contributed by atoms with Crippen LogP contribution in [0, 0.1) is 0 Å². The van der Waals surface area contributed by atoms with Crippen molar-refractivity contribution in [1.29, 1.82) is 0 Å². The number of hydrogen-bond donors (Lipinski definition) is 0. The van der Waals surface area contributed by atoms with E-state index >= 15 is 0 Å². The Morgan fingerprint density at radius 1 is 1.33 bits per heavy atom. The fraction of sp³-hybridized carbons (Fsp3) is 0. The van der Waals surface area contributed by atoms with Gasteiger partial charge in [-0.05, 0) is 37.1 Å². The molecule has 0 unspecified atom stereocenters. The second-order valence-corrected chi connectivity index (χ2v) is 3.09. The van der Waals surface area contributed by atoms with Gasteiger partial charge in [-0.15, -0.1) is 0 Å². The maximum Gasteiger partial charge on any atom is 0.193 e. The molecule has 0 fully saturated rings. The van der Waals surface area contributed by atoms with Crippen LogP contribution in [0.4, 0.5) is 0 Å². The first-order valence-corrected chi connectivity index (χ1v) is 5.05. The lowest BCUT2D eigenvalue weighted by atomic mass is 10.3. The Bertz CT molecular complexity index is 202. The van der Waals surface area contributed by atoms with Crippen LogP contribution in [0.25, 0.3) is 0 Å². The van der Waals surface area contributed by atoms with Gasteiger partial charge in [-0.25, -0.2) is 0 Å². The molecule has 0 aromatic heterocycles. The maximum atomic E-state index is 10.8. The van der Waals surface area contributed by atoms with E-state index in [0.29, 0.717) is 0 Å². The molecule has 1 nitrogen and oxygen atoms in total. The van der Waals surface area contributed by atoms with Crippen LogP contribution in [-0.4, -0.2) is 0 Å². The Balaban J connectivity index is 3.01. The summed E-state index contributed by atoms with van der Waals surface area (Å²) in [6.45, 7) is 0. The zero-order chi connectivity index (χ0) is 6.69. The Kier molecular flexibility index (Phi) is 2.42. The number of benzene rings is 1. The quantitative estimate of drug-likeness (QED) is 0.687. The van der Waals surface area contributed by atoms with E-state index < -0.39 is 0 Å². The number of para-hydroxylation sites is 1. The normalized spacial score (nSPS) is 9.44. The molecular formula is C6H4BrOS. The van der Waals surface area contributed by atoms with Gasteiger partial charge in [0.15, 0.2) is 5.75 Å². The number of hydrogen-bond acceptors (Lipinski definition) is 1. The second kappa shape index (κ2) is 3.13. The van der Waals surface area contributed by atoms with Crippen LogP contribution in [0.15, 0.2) is 29.2 Å². The summed E-state index contributed by atoms with van der Waals surface area (Å²) in [5, 5.41) is 10.8. The number of rotatable bonds is 1. The van der Waals surface area contributed by atoms with Gasteiger partial charge < -0.3 is 0 Å². The first-order chi connectivity index (χ1) is 4.34. The molecule has 0 spiro atoms. The molecule has 3 heteroatoms. The monoisotopic (exact) mass is 203 g/mol. The molecule has 0 N–H and O–H groups in total. The molecular weight excluding hydrogens is 200 g/mol. The summed E-state index contributed by atoms with van der Waals surface area (Å²) in [5.74, 6) is 0.0689. The third-order valence-corrected chi connectivity index (χ3v) is 2.48. The molecule has 1 rings (SSSR count). The van der Waals surface area contributed by atoms with Gasteiger partial charge in [0.05, 0.1) is 4.90 Å². The van der Waals surface area contributed by atoms with Crippen LogP contribution < -0.4 is 0 Å². The van der Waals surface area contributed by atoms with Crippen LogP contribution in [0.2, 0.25) is 0 Å². The van der Waals surface area contributed by atoms with Gasteiger partial charge in [0.1, 0.15) is 0 Å². The predicted octanol–water partition coefficient (Wildman–Crippen LogP) is 3.23. The van der Waals surface area contributed by atoms with Crippen molar-refractivity contribution in [3.63, 3.8) is 0 Å². The lowest BCUT2D eigenvalue weighted by Crippen LogP contribution is -1.64. The van der Waals surface area contributed by atoms with Crippen molar-refractivity contribution >= 4 is 25.0 Å². The maximum absolute atomic E-state index is 10.8. The molecule has 0 heterocycles. The van der Waals surface area contributed by atoms with Gasteiger partial charge in [-0.3, -0.25) is 5.11 Å². The van der Waals surface area contributed by atoms with E-state index in [1.165, 1.54) is 10.2 Å². The van der Waals surface area contributed by atoms with Crippen LogP contribution in [-0.2, 0) is 5.11 Å². The van der Waals surface area contributed by atoms with E-state index in [1.807, 2.05) is 6.07 Å². The van der Waals surface area contributed by atoms with Crippen molar-refractivity contribution in [3.8, 4) is 5.75 Å². The van der Waals surface area contributed by atoms with Crippen LogP contribution in [0.3, 0.4) is 0 Å². The van der Waals surface area contributed by atoms with Gasteiger partial charge in [0.2, 0.25) is 0 Å². The smallest absolute Gasteiger partial charge is 0.193 e. The molecule has 1 aromatic rings. The third-order valence-electron chi connectivity index (χ3n) is 0.932. The van der Waals surface area contributed by atoms with Crippen molar-refractivity contribution < 1.29 is 5.11 Å². The molecule has 1 aromatic carbocycles. The Hall–Kier alpha value is -0.150. The van der Waals surface area contributed by atoms with Crippen LogP contribution in [0.1, 0.15) is 0 Å². The summed E-state index contributed by atoms with van der Waals surface area (Å²) >= 11 is 3.12. The molecule has 0 bridgehead atoms. The molecule has 0 atom stereocenters. The summed E-state index contributed by atoms with van der Waals surface area (Å²) < 4.78 is 0. The van der Waals surface area contributed by atoms with Gasteiger partial charge in [0.25, 0.3) is 0 Å². The first kappa shape index (κ1) is 6.96. The highest BCUT2D eigenvalue weighted by atomic mass is 79.9. The topological polar surface area (TPSA) is 19.9 Å². The van der Waals surface area contributed by atoms with Gasteiger partial charge in [0, 0.05) is 0 Å². The van der Waals surface area contributed by atoms with E-state index in [-0.39, 0.29) is 5.75 Å². The van der Waals surface area contributed by atoms with Gasteiger partial charge in [-0.1, -0.05) is 12.1 Å². The highest BCUT2D eigenvalue weighted by molar-refractivity contribution is 9.50. The largest absolute Gasteiger partial charge is 0.289 e. The van der Waals surface area contributed by atoms with E-state index in [1.54, 1.807) is 18.2 Å². The predicted molar refractivity (Wildman–Crippen MR) is 41.4 cm³/mol. The summed E-state index contributed by atoms with van der Waals surface area (Å²) in [5.41, 5.74) is 0. The van der Waals surface area contributed by atoms with Gasteiger partial charge in [-0.2, -0.15) is 0 Å². The highest BCUT2D eigenvalue weighted by Gasteiger charge is 1.97. The first-order valence-electron chi connectivity index (χ1n) is 2.39. The highest BCUT2D eigenvalue weighted by Crippen LogP contribution is 2.32. The molecule has 0 saturated heterocycles. The standard InChI is InChI=1S/C6H4BrOS/c7-9-6-4-2-1-3-5(6)8/h1-4H. The average Bonchev–Trinajstić information content (AvgIpc) is 1.89. The molecule has 0 aliphatic carbocycles. The summed E-state index contributed by atoms with van der Waals surface area (Å²) in [4.78, 5) is 0.734. The lowest BCUT2D eigenvalue weighted by Gasteiger charge is -1.91. The fourth-order valence-corrected chi connectivity index (χ4v) is 1.59. The van der Waals surface area contributed by atoms with E-state index in [9.17, 15) is 5.11 Å². The number of halogens is 1. The summed E-state index contributed by atoms with van der Waals surface area (Å²) in [7, 11) is 1.30. The van der Waals surface area contributed by atoms with Crippen molar-refractivity contribution in [3.05, 3.63) is 24.3 Å². The van der Waals surface area contributed by atoms with Crippen LogP contribution in [0.5, 0.6) is 5.75 Å². The van der Waals surface area contributed by atoms with Crippen molar-refractivity contribution in [2.45, 2.75) is 4.90 Å². The Morgan fingerprint density at radius 3 is 2.44 bits per heavy atom. The molecule has 0 saturated carbocycles. The van der Waals surface area contributed by atoms with Crippen LogP contribution >= 0.6 is 25.0 Å². The average molecular weight is 204 g/mol. The lowest BCUT2D eigenvalue weighted by molar-refractivity contribution is 0.344. The molecule has 0 amide bonds. The van der Waals surface area contributed by atoms with Crippen molar-refractivity contribution in [1.82, 2.24) is 0 Å². The minimum atomic E-state index is 0.0689. The zero-order valence-corrected chi connectivity index (χ0v) is 6.91. The molecule has 0 aliphatic rings. The zero-order valence-electron chi connectivity index (χ0n) is 4.50. The Morgan fingerprint density at radius 2 is 2.00 bits per heavy atom. The van der Waals surface area contributed by atoms with Crippen molar-refractivity contribution in [2.75, 3.05) is 0 Å². The minimum Gasteiger partial charge on any atom is -0.289 e. The second-order valence-electron chi connectivity index (χ2n) is 1.52. The Labute approximate surface area is 65.3 Å². The summed E-state index contributed by atoms with van der Waals surface area (Å²) in [6, 6.07) is 6.89.